The molecule has 2 heterocycles. The van der Waals surface area contributed by atoms with Crippen molar-refractivity contribution in [1.82, 2.24) is 10.2 Å². The molecule has 1 N–H and O–H groups in total. The number of carbonyl (C=O) groups is 2. The van der Waals surface area contributed by atoms with Crippen molar-refractivity contribution in [2.75, 3.05) is 0 Å². The van der Waals surface area contributed by atoms with Gasteiger partial charge >= 0.3 is 0 Å². The Morgan fingerprint density at radius 1 is 1.30 bits per heavy atom. The third kappa shape index (κ3) is 3.44. The van der Waals surface area contributed by atoms with Gasteiger partial charge in [-0.2, -0.15) is 0 Å². The summed E-state index contributed by atoms with van der Waals surface area (Å²) >= 11 is 0. The Hall–Kier alpha value is -2.56. The number of benzene rings is 1. The van der Waals surface area contributed by atoms with Crippen molar-refractivity contribution in [2.45, 2.75) is 38.4 Å². The van der Waals surface area contributed by atoms with E-state index in [1.54, 1.807) is 17.2 Å². The molecule has 23 heavy (non-hydrogen) atoms. The summed E-state index contributed by atoms with van der Waals surface area (Å²) in [5.41, 5.74) is 1.04. The predicted molar refractivity (Wildman–Crippen MR) is 85.3 cm³/mol. The summed E-state index contributed by atoms with van der Waals surface area (Å²) in [5.74, 6) is 0.571. The molecule has 3 rings (SSSR count). The fourth-order valence-corrected chi connectivity index (χ4v) is 2.91. The topological polar surface area (TPSA) is 62.6 Å². The largest absolute Gasteiger partial charge is 0.467 e. The van der Waals surface area contributed by atoms with Crippen LogP contribution < -0.4 is 5.32 Å². The molecule has 1 saturated heterocycles. The highest BCUT2D eigenvalue weighted by Crippen LogP contribution is 2.23. The molecular formula is C18H20N2O3. The van der Waals surface area contributed by atoms with Crippen LogP contribution in [0.4, 0.5) is 0 Å². The van der Waals surface area contributed by atoms with E-state index in [1.807, 2.05) is 43.3 Å². The van der Waals surface area contributed by atoms with Crippen molar-refractivity contribution in [3.05, 3.63) is 60.1 Å². The molecule has 1 aromatic carbocycles. The minimum atomic E-state index is -0.432. The quantitative estimate of drug-likeness (QED) is 0.923. The van der Waals surface area contributed by atoms with E-state index in [0.717, 1.165) is 5.56 Å². The average molecular weight is 312 g/mol. The van der Waals surface area contributed by atoms with E-state index in [0.29, 0.717) is 25.1 Å². The molecule has 0 aliphatic carbocycles. The standard InChI is InChI=1S/C18H20N2O3/c1-13(14-6-3-2-4-7-14)19-18(22)16-9-10-17(21)20(16)12-15-8-5-11-23-15/h2-8,11,13,16H,9-10,12H2,1H3,(H,19,22)/t13-,16-/m1/s1. The molecule has 2 amide bonds. The molecule has 0 unspecified atom stereocenters. The number of nitrogens with zero attached hydrogens (tertiary/aromatic N) is 1. The molecular weight excluding hydrogens is 292 g/mol. The summed E-state index contributed by atoms with van der Waals surface area (Å²) in [5, 5.41) is 3.00. The van der Waals surface area contributed by atoms with Crippen molar-refractivity contribution in [3.8, 4) is 0 Å². The van der Waals surface area contributed by atoms with E-state index < -0.39 is 6.04 Å². The van der Waals surface area contributed by atoms with Crippen molar-refractivity contribution < 1.29 is 14.0 Å². The first kappa shape index (κ1) is 15.3. The number of furan rings is 1. The van der Waals surface area contributed by atoms with E-state index >= 15 is 0 Å². The van der Waals surface area contributed by atoms with Gasteiger partial charge in [0.1, 0.15) is 11.8 Å². The first-order chi connectivity index (χ1) is 11.1. The molecule has 2 aromatic rings. The van der Waals surface area contributed by atoms with Gasteiger partial charge in [-0.1, -0.05) is 30.3 Å². The summed E-state index contributed by atoms with van der Waals surface area (Å²) in [6.07, 6.45) is 2.52. The Kier molecular flexibility index (Phi) is 4.46. The SMILES string of the molecule is C[C@@H](NC(=O)[C@H]1CCC(=O)N1Cc1ccco1)c1ccccc1. The van der Waals surface area contributed by atoms with Gasteiger partial charge in [0.05, 0.1) is 18.8 Å². The fraction of sp³-hybridized carbons (Fsp3) is 0.333. The van der Waals surface area contributed by atoms with Gasteiger partial charge in [-0.3, -0.25) is 9.59 Å². The van der Waals surface area contributed by atoms with Crippen molar-refractivity contribution >= 4 is 11.8 Å². The van der Waals surface area contributed by atoms with Crippen LogP contribution in [0, 0.1) is 0 Å². The molecule has 1 fully saturated rings. The number of likely N-dealkylation sites (tertiary alicyclic amines) is 1. The summed E-state index contributed by atoms with van der Waals surface area (Å²) in [6.45, 7) is 2.28. The Morgan fingerprint density at radius 3 is 2.78 bits per heavy atom. The molecule has 1 aliphatic heterocycles. The van der Waals surface area contributed by atoms with Gasteiger partial charge in [0.15, 0.2) is 0 Å². The number of rotatable bonds is 5. The monoisotopic (exact) mass is 312 g/mol. The highest BCUT2D eigenvalue weighted by molar-refractivity contribution is 5.91. The lowest BCUT2D eigenvalue weighted by molar-refractivity contribution is -0.136. The van der Waals surface area contributed by atoms with Gasteiger partial charge in [0.2, 0.25) is 11.8 Å². The second-order valence-corrected chi connectivity index (χ2v) is 5.80. The van der Waals surface area contributed by atoms with Crippen LogP contribution in [0.3, 0.4) is 0 Å². The van der Waals surface area contributed by atoms with Crippen molar-refractivity contribution in [1.29, 1.82) is 0 Å². The van der Waals surface area contributed by atoms with Gasteiger partial charge in [-0.15, -0.1) is 0 Å². The van der Waals surface area contributed by atoms with E-state index in [1.165, 1.54) is 0 Å². The first-order valence-electron chi connectivity index (χ1n) is 7.82. The minimum absolute atomic E-state index is 0.00564. The molecule has 120 valence electrons. The smallest absolute Gasteiger partial charge is 0.243 e. The molecule has 2 atom stereocenters. The summed E-state index contributed by atoms with van der Waals surface area (Å²) in [6, 6.07) is 12.9. The van der Waals surface area contributed by atoms with Gasteiger partial charge in [-0.25, -0.2) is 0 Å². The first-order valence-corrected chi connectivity index (χ1v) is 7.82. The van der Waals surface area contributed by atoms with E-state index in [9.17, 15) is 9.59 Å². The van der Waals surface area contributed by atoms with Crippen LogP contribution >= 0.6 is 0 Å². The zero-order valence-electron chi connectivity index (χ0n) is 13.1. The summed E-state index contributed by atoms with van der Waals surface area (Å²) in [4.78, 5) is 26.3. The zero-order chi connectivity index (χ0) is 16.2. The molecule has 0 spiro atoms. The molecule has 0 saturated carbocycles. The van der Waals surface area contributed by atoms with Crippen molar-refractivity contribution in [2.24, 2.45) is 0 Å². The Morgan fingerprint density at radius 2 is 2.09 bits per heavy atom. The maximum absolute atomic E-state index is 12.6. The lowest BCUT2D eigenvalue weighted by atomic mass is 10.1. The normalized spacial score (nSPS) is 18.9. The maximum Gasteiger partial charge on any atom is 0.243 e. The van der Waals surface area contributed by atoms with Crippen LogP contribution in [-0.4, -0.2) is 22.8 Å². The Balaban J connectivity index is 1.67. The Labute approximate surface area is 135 Å². The van der Waals surface area contributed by atoms with Gasteiger partial charge in [0, 0.05) is 6.42 Å². The van der Waals surface area contributed by atoms with E-state index in [-0.39, 0.29) is 17.9 Å². The average Bonchev–Trinajstić information content (AvgIpc) is 3.19. The third-order valence-corrected chi connectivity index (χ3v) is 4.20. The number of hydrogen-bond acceptors (Lipinski definition) is 3. The van der Waals surface area contributed by atoms with Gasteiger partial charge in [0.25, 0.3) is 0 Å². The van der Waals surface area contributed by atoms with Crippen LogP contribution in [0.15, 0.2) is 53.1 Å². The van der Waals surface area contributed by atoms with Gasteiger partial charge < -0.3 is 14.6 Å². The molecule has 5 heteroatoms. The predicted octanol–water partition coefficient (Wildman–Crippen LogP) is 2.65. The number of nitrogens with one attached hydrogen (secondary N) is 1. The number of carbonyl (C=O) groups excluding carboxylic acids is 2. The summed E-state index contributed by atoms with van der Waals surface area (Å²) < 4.78 is 5.30. The zero-order valence-corrected chi connectivity index (χ0v) is 13.1. The van der Waals surface area contributed by atoms with E-state index in [2.05, 4.69) is 5.32 Å². The molecule has 1 aromatic heterocycles. The summed E-state index contributed by atoms with van der Waals surface area (Å²) in [7, 11) is 0. The molecule has 5 nitrogen and oxygen atoms in total. The maximum atomic E-state index is 12.6. The van der Waals surface area contributed by atoms with Crippen LogP contribution in [0.2, 0.25) is 0 Å². The van der Waals surface area contributed by atoms with Crippen LogP contribution in [0.5, 0.6) is 0 Å². The van der Waals surface area contributed by atoms with Crippen LogP contribution in [-0.2, 0) is 16.1 Å². The number of hydrogen-bond donors (Lipinski definition) is 1. The van der Waals surface area contributed by atoms with Crippen LogP contribution in [0.1, 0.15) is 37.1 Å². The lowest BCUT2D eigenvalue weighted by Gasteiger charge is -2.25. The number of amides is 2. The second kappa shape index (κ2) is 6.69. The van der Waals surface area contributed by atoms with Gasteiger partial charge in [-0.05, 0) is 31.0 Å². The third-order valence-electron chi connectivity index (χ3n) is 4.20. The van der Waals surface area contributed by atoms with Crippen molar-refractivity contribution in [3.63, 3.8) is 0 Å². The fourth-order valence-electron chi connectivity index (χ4n) is 2.91. The van der Waals surface area contributed by atoms with Crippen LogP contribution in [0.25, 0.3) is 0 Å². The Bertz CT molecular complexity index is 667. The second-order valence-electron chi connectivity index (χ2n) is 5.80. The minimum Gasteiger partial charge on any atom is -0.467 e. The lowest BCUT2D eigenvalue weighted by Crippen LogP contribution is -2.44. The molecule has 1 aliphatic rings. The highest BCUT2D eigenvalue weighted by atomic mass is 16.3. The molecule has 0 bridgehead atoms. The molecule has 0 radical (unpaired) electrons. The van der Waals surface area contributed by atoms with E-state index in [4.69, 9.17) is 4.42 Å². The highest BCUT2D eigenvalue weighted by Gasteiger charge is 2.36.